The van der Waals surface area contributed by atoms with Crippen molar-refractivity contribution in [2.24, 2.45) is 17.8 Å². The molecule has 1 aromatic carbocycles. The maximum Gasteiger partial charge on any atom is 0.184 e. The highest BCUT2D eigenvalue weighted by molar-refractivity contribution is 5.35. The Morgan fingerprint density at radius 2 is 1.61 bits per heavy atom. The summed E-state index contributed by atoms with van der Waals surface area (Å²) < 4.78 is 39.2. The third kappa shape index (κ3) is 5.30. The number of ether oxygens (including phenoxy) is 2. The van der Waals surface area contributed by atoms with Crippen molar-refractivity contribution in [1.82, 2.24) is 0 Å². The molecule has 0 bridgehead atoms. The summed E-state index contributed by atoms with van der Waals surface area (Å²) in [6.07, 6.45) is 11.0. The molecule has 1 saturated carbocycles. The Morgan fingerprint density at radius 3 is 2.18 bits per heavy atom. The lowest BCUT2D eigenvalue weighted by Gasteiger charge is -2.38. The van der Waals surface area contributed by atoms with E-state index in [0.29, 0.717) is 30.6 Å². The molecule has 0 radical (unpaired) electrons. The molecule has 5 heteroatoms. The van der Waals surface area contributed by atoms with Crippen LogP contribution in [0.15, 0.2) is 12.1 Å². The van der Waals surface area contributed by atoms with Crippen LogP contribution >= 0.6 is 0 Å². The van der Waals surface area contributed by atoms with Gasteiger partial charge in [0.25, 0.3) is 0 Å². The summed E-state index contributed by atoms with van der Waals surface area (Å²) in [7, 11) is 0. The predicted octanol–water partition coefficient (Wildman–Crippen LogP) is 6.27. The number of halogens is 2. The number of hydrogen-bond acceptors (Lipinski definition) is 3. The van der Waals surface area contributed by atoms with Gasteiger partial charge in [0.2, 0.25) is 0 Å². The first-order valence-electron chi connectivity index (χ1n) is 10.7. The molecule has 0 N–H and O–H groups in total. The lowest BCUT2D eigenvalue weighted by Crippen LogP contribution is -2.34. The highest BCUT2D eigenvalue weighted by Crippen LogP contribution is 2.39. The first kappa shape index (κ1) is 21.2. The van der Waals surface area contributed by atoms with Crippen molar-refractivity contribution in [2.75, 3.05) is 13.2 Å². The largest absolute Gasteiger partial charge is 0.348 e. The van der Waals surface area contributed by atoms with Gasteiger partial charge < -0.3 is 9.47 Å². The van der Waals surface area contributed by atoms with Crippen LogP contribution in [-0.4, -0.2) is 13.2 Å². The van der Waals surface area contributed by atoms with Crippen LogP contribution in [0.3, 0.4) is 0 Å². The van der Waals surface area contributed by atoms with Crippen molar-refractivity contribution in [1.29, 1.82) is 5.26 Å². The fourth-order valence-electron chi connectivity index (χ4n) is 4.63. The highest BCUT2D eigenvalue weighted by atomic mass is 19.1. The van der Waals surface area contributed by atoms with Crippen LogP contribution in [0.25, 0.3) is 0 Å². The Balaban J connectivity index is 1.44. The monoisotopic (exact) mass is 391 g/mol. The third-order valence-electron chi connectivity index (χ3n) is 6.40. The van der Waals surface area contributed by atoms with E-state index >= 15 is 0 Å². The molecule has 154 valence electrons. The van der Waals surface area contributed by atoms with Crippen LogP contribution in [0.2, 0.25) is 0 Å². The quantitative estimate of drug-likeness (QED) is 0.514. The second-order valence-corrected chi connectivity index (χ2v) is 8.36. The molecule has 3 rings (SSSR count). The summed E-state index contributed by atoms with van der Waals surface area (Å²) in [6.45, 7) is 3.36. The summed E-state index contributed by atoms with van der Waals surface area (Å²) in [4.78, 5) is 0. The maximum atomic E-state index is 13.8. The van der Waals surface area contributed by atoms with Crippen molar-refractivity contribution in [2.45, 2.75) is 71.0 Å². The predicted molar refractivity (Wildman–Crippen MR) is 103 cm³/mol. The number of hydrogen-bond donors (Lipinski definition) is 0. The van der Waals surface area contributed by atoms with E-state index in [1.165, 1.54) is 63.9 Å². The normalized spacial score (nSPS) is 28.1. The zero-order valence-electron chi connectivity index (χ0n) is 16.8. The van der Waals surface area contributed by atoms with Crippen molar-refractivity contribution >= 4 is 0 Å². The van der Waals surface area contributed by atoms with Crippen LogP contribution in [0.1, 0.15) is 82.1 Å². The molecule has 3 nitrogen and oxygen atoms in total. The van der Waals surface area contributed by atoms with Crippen LogP contribution < -0.4 is 0 Å². The fourth-order valence-corrected chi connectivity index (χ4v) is 4.63. The van der Waals surface area contributed by atoms with Gasteiger partial charge >= 0.3 is 0 Å². The van der Waals surface area contributed by atoms with Crippen molar-refractivity contribution < 1.29 is 18.3 Å². The van der Waals surface area contributed by atoms with Crippen molar-refractivity contribution in [3.63, 3.8) is 0 Å². The fraction of sp³-hybridized carbons (Fsp3) is 0.696. The molecule has 28 heavy (non-hydrogen) atoms. The van der Waals surface area contributed by atoms with E-state index in [1.54, 1.807) is 0 Å². The van der Waals surface area contributed by atoms with E-state index in [2.05, 4.69) is 6.92 Å². The molecule has 1 heterocycles. The van der Waals surface area contributed by atoms with Crippen LogP contribution in [0, 0.1) is 40.7 Å². The average molecular weight is 392 g/mol. The van der Waals surface area contributed by atoms with E-state index < -0.39 is 23.5 Å². The molecule has 0 unspecified atom stereocenters. The Morgan fingerprint density at radius 1 is 0.964 bits per heavy atom. The van der Waals surface area contributed by atoms with E-state index in [1.807, 2.05) is 0 Å². The molecule has 1 saturated heterocycles. The number of rotatable bonds is 7. The molecule has 1 aliphatic carbocycles. The molecular formula is C23H31F2NO2. The van der Waals surface area contributed by atoms with Crippen LogP contribution in [0.4, 0.5) is 8.78 Å². The molecule has 1 aliphatic heterocycles. The number of benzene rings is 1. The minimum Gasteiger partial charge on any atom is -0.348 e. The minimum absolute atomic E-state index is 0.295. The molecular weight excluding hydrogens is 360 g/mol. The van der Waals surface area contributed by atoms with E-state index in [9.17, 15) is 8.78 Å². The standard InChI is InChI=1S/C23H31F2NO2/c1-2-3-4-5-6-16-7-9-17(10-8-16)19-14-27-23(28-15-19)18-11-21(24)20(13-26)22(25)12-18/h11-12,16-17,19,23H,2-10,14-15H2,1H3. The van der Waals surface area contributed by atoms with Crippen LogP contribution in [-0.2, 0) is 9.47 Å². The number of unbranched alkanes of at least 4 members (excludes halogenated alkanes) is 3. The van der Waals surface area contributed by atoms with Gasteiger partial charge in [-0.25, -0.2) is 8.78 Å². The second-order valence-electron chi connectivity index (χ2n) is 8.36. The molecule has 0 atom stereocenters. The Labute approximate surface area is 167 Å². The molecule has 2 aliphatic rings. The van der Waals surface area contributed by atoms with Gasteiger partial charge in [-0.15, -0.1) is 0 Å². The highest BCUT2D eigenvalue weighted by Gasteiger charge is 2.32. The average Bonchev–Trinajstić information content (AvgIpc) is 2.72. The smallest absolute Gasteiger partial charge is 0.184 e. The zero-order valence-corrected chi connectivity index (χ0v) is 16.8. The summed E-state index contributed by atoms with van der Waals surface area (Å²) in [5.41, 5.74) is -0.271. The summed E-state index contributed by atoms with van der Waals surface area (Å²) in [5, 5.41) is 8.78. The lowest BCUT2D eigenvalue weighted by atomic mass is 9.74. The molecule has 1 aromatic rings. The van der Waals surface area contributed by atoms with Gasteiger partial charge in [0.05, 0.1) is 13.2 Å². The SMILES string of the molecule is CCCCCCC1CCC(C2COC(c3cc(F)c(C#N)c(F)c3)OC2)CC1. The Kier molecular flexibility index (Phi) is 7.82. The summed E-state index contributed by atoms with van der Waals surface area (Å²) in [6, 6.07) is 3.81. The molecule has 2 fully saturated rings. The van der Waals surface area contributed by atoms with Crippen molar-refractivity contribution in [3.8, 4) is 6.07 Å². The van der Waals surface area contributed by atoms with E-state index in [-0.39, 0.29) is 0 Å². The van der Waals surface area contributed by atoms with Gasteiger partial charge in [-0.05, 0) is 36.8 Å². The minimum atomic E-state index is -0.871. The van der Waals surface area contributed by atoms with E-state index in [0.717, 1.165) is 18.1 Å². The first-order chi connectivity index (χ1) is 13.6. The topological polar surface area (TPSA) is 42.2 Å². The Bertz CT molecular complexity index is 649. The number of nitriles is 1. The Hall–Kier alpha value is -1.51. The molecule has 0 spiro atoms. The van der Waals surface area contributed by atoms with Crippen LogP contribution in [0.5, 0.6) is 0 Å². The molecule has 0 aromatic heterocycles. The van der Waals surface area contributed by atoms with Gasteiger partial charge in [-0.3, -0.25) is 0 Å². The third-order valence-corrected chi connectivity index (χ3v) is 6.40. The zero-order chi connectivity index (χ0) is 19.9. The summed E-state index contributed by atoms with van der Waals surface area (Å²) in [5.74, 6) is 0.0942. The maximum absolute atomic E-state index is 13.8. The van der Waals surface area contributed by atoms with Gasteiger partial charge in [0.1, 0.15) is 23.3 Å². The van der Waals surface area contributed by atoms with Crippen molar-refractivity contribution in [3.05, 3.63) is 34.9 Å². The summed E-state index contributed by atoms with van der Waals surface area (Å²) >= 11 is 0. The molecule has 0 amide bonds. The number of nitrogens with zero attached hydrogens (tertiary/aromatic N) is 1. The van der Waals surface area contributed by atoms with E-state index in [4.69, 9.17) is 14.7 Å². The first-order valence-corrected chi connectivity index (χ1v) is 10.7. The van der Waals surface area contributed by atoms with Gasteiger partial charge in [-0.2, -0.15) is 5.26 Å². The lowest BCUT2D eigenvalue weighted by molar-refractivity contribution is -0.215. The van der Waals surface area contributed by atoms with Gasteiger partial charge in [-0.1, -0.05) is 51.9 Å². The van der Waals surface area contributed by atoms with Gasteiger partial charge in [0.15, 0.2) is 6.29 Å². The van der Waals surface area contributed by atoms with Gasteiger partial charge in [0, 0.05) is 11.5 Å². The second kappa shape index (κ2) is 10.3.